The molecule has 0 spiro atoms. The predicted octanol–water partition coefficient (Wildman–Crippen LogP) is 4.26. The van der Waals surface area contributed by atoms with E-state index in [0.29, 0.717) is 6.42 Å². The highest BCUT2D eigenvalue weighted by Gasteiger charge is 2.33. The van der Waals surface area contributed by atoms with Crippen LogP contribution in [-0.2, 0) is 26.2 Å². The zero-order valence-electron chi connectivity index (χ0n) is 22.4. The van der Waals surface area contributed by atoms with Crippen LogP contribution in [0.25, 0.3) is 0 Å². The van der Waals surface area contributed by atoms with Crippen molar-refractivity contribution >= 4 is 33.2 Å². The molecule has 0 bridgehead atoms. The van der Waals surface area contributed by atoms with Gasteiger partial charge in [0.05, 0.1) is 15.5 Å². The number of sulfonamides is 1. The van der Waals surface area contributed by atoms with Crippen molar-refractivity contribution in [3.05, 3.63) is 100 Å². The van der Waals surface area contributed by atoms with Crippen molar-refractivity contribution in [2.24, 2.45) is 0 Å². The van der Waals surface area contributed by atoms with Crippen molar-refractivity contribution in [3.8, 4) is 0 Å². The van der Waals surface area contributed by atoms with Crippen LogP contribution in [-0.4, -0.2) is 48.7 Å². The van der Waals surface area contributed by atoms with Crippen LogP contribution in [0.15, 0.2) is 83.8 Å². The van der Waals surface area contributed by atoms with Gasteiger partial charge >= 0.3 is 0 Å². The molecule has 0 unspecified atom stereocenters. The number of nitrogens with zero attached hydrogens (tertiary/aromatic N) is 3. The summed E-state index contributed by atoms with van der Waals surface area (Å²) in [4.78, 5) is 38.4. The molecule has 40 heavy (non-hydrogen) atoms. The van der Waals surface area contributed by atoms with E-state index in [0.717, 1.165) is 21.3 Å². The summed E-state index contributed by atoms with van der Waals surface area (Å²) >= 11 is 0. The van der Waals surface area contributed by atoms with Gasteiger partial charge < -0.3 is 10.2 Å². The number of rotatable bonds is 12. The molecule has 0 saturated carbocycles. The SMILES string of the molecule is CC[C@H](C)NC(=O)[C@@H](C)N(Cc1ccccc1F)C(=O)CN(c1ccc([N+](=O)[O-])cc1)S(=O)(=O)c1ccccc1. The first-order chi connectivity index (χ1) is 18.9. The third kappa shape index (κ3) is 7.20. The van der Waals surface area contributed by atoms with Crippen molar-refractivity contribution in [2.45, 2.75) is 50.7 Å². The maximum absolute atomic E-state index is 14.6. The zero-order chi connectivity index (χ0) is 29.4. The fourth-order valence-electron chi connectivity index (χ4n) is 3.85. The quantitative estimate of drug-likeness (QED) is 0.256. The van der Waals surface area contributed by atoms with Crippen LogP contribution in [0.2, 0.25) is 0 Å². The summed E-state index contributed by atoms with van der Waals surface area (Å²) in [6, 6.07) is 16.6. The highest BCUT2D eigenvalue weighted by molar-refractivity contribution is 7.92. The molecule has 0 radical (unpaired) electrons. The van der Waals surface area contributed by atoms with Crippen molar-refractivity contribution in [2.75, 3.05) is 10.8 Å². The van der Waals surface area contributed by atoms with Gasteiger partial charge in [-0.15, -0.1) is 0 Å². The molecule has 0 fully saturated rings. The minimum atomic E-state index is -4.32. The van der Waals surface area contributed by atoms with Crippen LogP contribution in [0.3, 0.4) is 0 Å². The largest absolute Gasteiger partial charge is 0.352 e. The van der Waals surface area contributed by atoms with Crippen molar-refractivity contribution < 1.29 is 27.3 Å². The Morgan fingerprint density at radius 1 is 0.975 bits per heavy atom. The van der Waals surface area contributed by atoms with Crippen LogP contribution in [0.1, 0.15) is 32.8 Å². The summed E-state index contributed by atoms with van der Waals surface area (Å²) in [6.45, 7) is 4.13. The molecule has 0 aromatic heterocycles. The summed E-state index contributed by atoms with van der Waals surface area (Å²) < 4.78 is 42.8. The summed E-state index contributed by atoms with van der Waals surface area (Å²) in [5, 5.41) is 14.0. The van der Waals surface area contributed by atoms with Crippen molar-refractivity contribution in [1.29, 1.82) is 0 Å². The first-order valence-electron chi connectivity index (χ1n) is 12.6. The van der Waals surface area contributed by atoms with E-state index in [2.05, 4.69) is 5.32 Å². The molecule has 10 nitrogen and oxygen atoms in total. The average molecular weight is 571 g/mol. The lowest BCUT2D eigenvalue weighted by Crippen LogP contribution is -2.52. The van der Waals surface area contributed by atoms with E-state index in [1.807, 2.05) is 6.92 Å². The van der Waals surface area contributed by atoms with E-state index in [4.69, 9.17) is 0 Å². The molecule has 0 heterocycles. The van der Waals surface area contributed by atoms with Crippen molar-refractivity contribution in [1.82, 2.24) is 10.2 Å². The molecule has 212 valence electrons. The maximum atomic E-state index is 14.6. The van der Waals surface area contributed by atoms with E-state index in [1.165, 1.54) is 61.5 Å². The third-order valence-electron chi connectivity index (χ3n) is 6.43. The number of nitrogens with one attached hydrogen (secondary N) is 1. The lowest BCUT2D eigenvalue weighted by Gasteiger charge is -2.32. The Labute approximate surface area is 232 Å². The van der Waals surface area contributed by atoms with Gasteiger partial charge in [-0.1, -0.05) is 43.3 Å². The first-order valence-corrected chi connectivity index (χ1v) is 14.0. The van der Waals surface area contributed by atoms with Gasteiger partial charge in [0.15, 0.2) is 0 Å². The van der Waals surface area contributed by atoms with E-state index in [9.17, 15) is 32.5 Å². The van der Waals surface area contributed by atoms with Gasteiger partial charge in [-0.3, -0.25) is 24.0 Å². The first kappa shape index (κ1) is 30.2. The molecule has 2 atom stereocenters. The van der Waals surface area contributed by atoms with E-state index < -0.39 is 45.2 Å². The number of hydrogen-bond donors (Lipinski definition) is 1. The maximum Gasteiger partial charge on any atom is 0.269 e. The number of benzene rings is 3. The average Bonchev–Trinajstić information content (AvgIpc) is 2.95. The minimum absolute atomic E-state index is 0.00496. The standard InChI is InChI=1S/C28H31FN4O6S/c1-4-20(2)30-28(35)21(3)31(18-22-10-8-9-13-26(22)29)27(34)19-32(23-14-16-24(17-15-23)33(36)37)40(38,39)25-11-6-5-7-12-25/h5-17,20-21H,4,18-19H2,1-3H3,(H,30,35)/t20-,21+/m0/s1. The van der Waals surface area contributed by atoms with Gasteiger partial charge in [-0.2, -0.15) is 0 Å². The number of amides is 2. The molecule has 12 heteroatoms. The molecule has 3 aromatic rings. The number of anilines is 1. The van der Waals surface area contributed by atoms with E-state index >= 15 is 0 Å². The van der Waals surface area contributed by atoms with Gasteiger partial charge in [-0.05, 0) is 50.6 Å². The molecule has 2 amide bonds. The van der Waals surface area contributed by atoms with Crippen molar-refractivity contribution in [3.63, 3.8) is 0 Å². The third-order valence-corrected chi connectivity index (χ3v) is 8.21. The van der Waals surface area contributed by atoms with E-state index in [-0.39, 0.29) is 34.4 Å². The van der Waals surface area contributed by atoms with E-state index in [1.54, 1.807) is 19.1 Å². The number of nitro benzene ring substituents is 1. The number of carbonyl (C=O) groups is 2. The molecular weight excluding hydrogens is 539 g/mol. The van der Waals surface area contributed by atoms with Gasteiger partial charge in [0, 0.05) is 30.3 Å². The number of nitro groups is 1. The monoisotopic (exact) mass is 570 g/mol. The molecule has 0 aliphatic rings. The highest BCUT2D eigenvalue weighted by atomic mass is 32.2. The molecule has 3 aromatic carbocycles. The minimum Gasteiger partial charge on any atom is -0.352 e. The molecule has 3 rings (SSSR count). The Morgan fingerprint density at radius 2 is 1.57 bits per heavy atom. The summed E-state index contributed by atoms with van der Waals surface area (Å²) in [5.74, 6) is -1.83. The molecule has 0 aliphatic carbocycles. The molecular formula is C28H31FN4O6S. The number of hydrogen-bond acceptors (Lipinski definition) is 6. The van der Waals surface area contributed by atoms with Crippen LogP contribution < -0.4 is 9.62 Å². The lowest BCUT2D eigenvalue weighted by molar-refractivity contribution is -0.384. The van der Waals surface area contributed by atoms with Gasteiger partial charge in [0.2, 0.25) is 11.8 Å². The zero-order valence-corrected chi connectivity index (χ0v) is 23.2. The highest BCUT2D eigenvalue weighted by Crippen LogP contribution is 2.26. The van der Waals surface area contributed by atoms with Gasteiger partial charge in [0.1, 0.15) is 18.4 Å². The molecule has 0 saturated heterocycles. The number of carbonyl (C=O) groups excluding carboxylic acids is 2. The lowest BCUT2D eigenvalue weighted by atomic mass is 10.1. The Kier molecular flexibility index (Phi) is 9.94. The fraction of sp³-hybridized carbons (Fsp3) is 0.286. The number of halogens is 1. The summed E-state index contributed by atoms with van der Waals surface area (Å²) in [5.41, 5.74) is -0.110. The van der Waals surface area contributed by atoms with Gasteiger partial charge in [0.25, 0.3) is 15.7 Å². The Hall–Kier alpha value is -4.32. The Balaban J connectivity index is 2.04. The van der Waals surface area contributed by atoms with Gasteiger partial charge in [-0.25, -0.2) is 12.8 Å². The molecule has 0 aliphatic heterocycles. The second-order valence-corrected chi connectivity index (χ2v) is 11.1. The fourth-order valence-corrected chi connectivity index (χ4v) is 5.28. The van der Waals surface area contributed by atoms with Crippen LogP contribution >= 0.6 is 0 Å². The van der Waals surface area contributed by atoms with Crippen LogP contribution in [0, 0.1) is 15.9 Å². The topological polar surface area (TPSA) is 130 Å². The normalized spacial score (nSPS) is 12.7. The smallest absolute Gasteiger partial charge is 0.269 e. The second kappa shape index (κ2) is 13.2. The van der Waals surface area contributed by atoms with Crippen LogP contribution in [0.5, 0.6) is 0 Å². The second-order valence-electron chi connectivity index (χ2n) is 9.21. The summed E-state index contributed by atoms with van der Waals surface area (Å²) in [6.07, 6.45) is 0.642. The Morgan fingerprint density at radius 3 is 2.15 bits per heavy atom. The Bertz CT molecular complexity index is 1450. The predicted molar refractivity (Wildman–Crippen MR) is 148 cm³/mol. The van der Waals surface area contributed by atoms with Crippen LogP contribution in [0.4, 0.5) is 15.8 Å². The molecule has 1 N–H and O–H groups in total. The summed E-state index contributed by atoms with van der Waals surface area (Å²) in [7, 11) is -4.32. The number of non-ortho nitro benzene ring substituents is 1.